The Hall–Kier alpha value is -0.961. The maximum absolute atomic E-state index is 2.67. The molecule has 7 atom stereocenters. The quantitative estimate of drug-likeness (QED) is 0.163. The topological polar surface area (TPSA) is 0 Å². The monoisotopic (exact) mass is 694 g/mol. The Morgan fingerprint density at radius 3 is 1.55 bits per heavy atom. The first-order chi connectivity index (χ1) is 22.7. The summed E-state index contributed by atoms with van der Waals surface area (Å²) in [7, 11) is -0.657. The molecule has 6 aliphatic carbocycles. The van der Waals surface area contributed by atoms with Crippen LogP contribution in [0, 0.1) is 86.9 Å². The summed E-state index contributed by atoms with van der Waals surface area (Å²) < 4.78 is 0. The van der Waals surface area contributed by atoms with E-state index in [2.05, 4.69) is 111 Å². The molecule has 47 heavy (non-hydrogen) atoms. The average molecular weight is 695 g/mol. The molecule has 6 saturated carbocycles. The molecule has 0 spiro atoms. The number of rotatable bonds is 8. The molecule has 242 valence electrons. The Morgan fingerprint density at radius 2 is 1.06 bits per heavy atom. The summed E-state index contributed by atoms with van der Waals surface area (Å²) in [6, 6.07) is 31.9. The van der Waals surface area contributed by atoms with E-state index in [1.165, 1.54) is 53.1 Å². The average Bonchev–Trinajstić information content (AvgIpc) is 3.97. The van der Waals surface area contributed by atoms with Gasteiger partial charge in [0, 0.05) is 23.0 Å². The van der Waals surface area contributed by atoms with Crippen molar-refractivity contribution in [1.29, 1.82) is 0 Å². The molecule has 3 heteroatoms. The Balaban J connectivity index is 0.000000538. The van der Waals surface area contributed by atoms with Crippen LogP contribution in [0.1, 0.15) is 63.9 Å². The second-order valence-corrected chi connectivity index (χ2v) is 19.7. The van der Waals surface area contributed by atoms with Gasteiger partial charge in [0.15, 0.2) is 0 Å². The maximum atomic E-state index is 2.67. The van der Waals surface area contributed by atoms with Gasteiger partial charge in [0.25, 0.3) is 0 Å². The summed E-state index contributed by atoms with van der Waals surface area (Å²) in [5, 5.41) is 4.38. The molecule has 0 aliphatic heterocycles. The molecule has 4 bridgehead atoms. The minimum atomic E-state index is -0.639. The van der Waals surface area contributed by atoms with Crippen LogP contribution in [0.3, 0.4) is 0 Å². The van der Waals surface area contributed by atoms with Crippen LogP contribution in [0.4, 0.5) is 0 Å². The van der Waals surface area contributed by atoms with Gasteiger partial charge in [0.05, 0.1) is 0 Å². The van der Waals surface area contributed by atoms with E-state index in [1.807, 2.05) is 32.1 Å². The molecule has 0 saturated heterocycles. The summed E-state index contributed by atoms with van der Waals surface area (Å²) in [5.41, 5.74) is 4.20. The molecule has 3 aromatic carbocycles. The predicted octanol–water partition coefficient (Wildman–Crippen LogP) is 9.83. The van der Waals surface area contributed by atoms with Crippen molar-refractivity contribution < 1.29 is 17.1 Å². The van der Waals surface area contributed by atoms with Crippen molar-refractivity contribution >= 4 is 31.8 Å². The van der Waals surface area contributed by atoms with Crippen LogP contribution in [0.2, 0.25) is 0 Å². The van der Waals surface area contributed by atoms with E-state index in [0.717, 1.165) is 35.0 Å². The van der Waals surface area contributed by atoms with Gasteiger partial charge in [0.2, 0.25) is 0 Å². The second kappa shape index (κ2) is 15.9. The molecule has 0 amide bonds. The molecule has 6 aliphatic rings. The Labute approximate surface area is 300 Å². The number of hydrogen-bond donors (Lipinski definition) is 0. The summed E-state index contributed by atoms with van der Waals surface area (Å²) in [6.45, 7) is 2.67. The zero-order chi connectivity index (χ0) is 30.9. The van der Waals surface area contributed by atoms with Crippen molar-refractivity contribution in [3.8, 4) is 0 Å². The molecule has 9 rings (SSSR count). The Bertz CT molecular complexity index is 1330. The third kappa shape index (κ3) is 7.28. The van der Waals surface area contributed by atoms with Gasteiger partial charge < -0.3 is 0 Å². The predicted molar refractivity (Wildman–Crippen MR) is 200 cm³/mol. The second-order valence-electron chi connectivity index (χ2n) is 14.5. The Kier molecular flexibility index (Phi) is 11.7. The molecule has 6 fully saturated rings. The molecule has 7 unspecified atom stereocenters. The van der Waals surface area contributed by atoms with Crippen molar-refractivity contribution in [3.05, 3.63) is 154 Å². The first-order valence-corrected chi connectivity index (χ1v) is 20.8. The molecule has 3 aromatic rings. The fraction of sp³-hybridized carbons (Fsp3) is 0.364. The molecule has 10 radical (unpaired) electrons. The minimum absolute atomic E-state index is 0. The fourth-order valence-electron chi connectivity index (χ4n) is 9.98. The summed E-state index contributed by atoms with van der Waals surface area (Å²) >= 11 is 0. The molecule has 0 N–H and O–H groups in total. The van der Waals surface area contributed by atoms with Gasteiger partial charge in [0.1, 0.15) is 0 Å². The van der Waals surface area contributed by atoms with Crippen LogP contribution in [-0.4, -0.2) is 17.0 Å². The van der Waals surface area contributed by atoms with Crippen molar-refractivity contribution in [2.75, 3.05) is 0 Å². The van der Waals surface area contributed by atoms with Gasteiger partial charge in [-0.3, -0.25) is 0 Å². The maximum Gasteiger partial charge on any atom is 0.0171 e. The molecule has 0 heterocycles. The van der Waals surface area contributed by atoms with Gasteiger partial charge in [-0.1, -0.05) is 113 Å². The van der Waals surface area contributed by atoms with Crippen molar-refractivity contribution in [2.45, 2.75) is 75.3 Å². The molecular formula is C44H48FeP2. The number of benzene rings is 3. The van der Waals surface area contributed by atoms with E-state index in [4.69, 9.17) is 0 Å². The van der Waals surface area contributed by atoms with Crippen LogP contribution in [0.25, 0.3) is 0 Å². The molecule has 0 aromatic heterocycles. The smallest absolute Gasteiger partial charge is 0.0171 e. The standard InChI is InChI=1S/C39H43P2.C5H5.Fe/c1-27(40(38-25-28-19-21-30(38)23-28)39-26-29-20-22-31(39)24-29)34-16-10-17-35(34)36-15-8-9-18-37(36)41(32-11-4-2-5-12-32)33-13-6-3-7-14-33;1-2-4-5-3-1;/h2-18,27-31,38-39H,19-26H2,1H3;1-5H;. The normalized spacial score (nSPS) is 31.1. The first kappa shape index (κ1) is 34.5. The fourth-order valence-corrected chi connectivity index (χ4v) is 17.2. The Morgan fingerprint density at radius 1 is 0.553 bits per heavy atom. The van der Waals surface area contributed by atoms with Crippen LogP contribution >= 0.6 is 15.8 Å². The van der Waals surface area contributed by atoms with Crippen molar-refractivity contribution in [2.24, 2.45) is 23.7 Å². The van der Waals surface area contributed by atoms with Gasteiger partial charge in [-0.25, -0.2) is 0 Å². The van der Waals surface area contributed by atoms with Crippen LogP contribution in [0.15, 0.2) is 84.9 Å². The van der Waals surface area contributed by atoms with Crippen molar-refractivity contribution in [3.63, 3.8) is 0 Å². The van der Waals surface area contributed by atoms with Crippen LogP contribution in [-0.2, 0) is 17.1 Å². The van der Waals surface area contributed by atoms with E-state index in [0.29, 0.717) is 5.66 Å². The van der Waals surface area contributed by atoms with Crippen molar-refractivity contribution in [1.82, 2.24) is 0 Å². The van der Waals surface area contributed by atoms with E-state index in [-0.39, 0.29) is 25.0 Å². The largest absolute Gasteiger partial charge is 0.0962 e. The summed E-state index contributed by atoms with van der Waals surface area (Å²) in [6.07, 6.45) is 29.7. The van der Waals surface area contributed by atoms with E-state index >= 15 is 0 Å². The van der Waals surface area contributed by atoms with Gasteiger partial charge in [-0.15, -0.1) is 0 Å². The first-order valence-electron chi connectivity index (χ1n) is 17.9. The van der Waals surface area contributed by atoms with E-state index < -0.39 is 7.92 Å². The number of fused-ring (bicyclic) bond motifs is 4. The van der Waals surface area contributed by atoms with E-state index in [1.54, 1.807) is 31.6 Å². The third-order valence-corrected chi connectivity index (χ3v) is 18.4. The third-order valence-electron chi connectivity index (χ3n) is 11.9. The van der Waals surface area contributed by atoms with E-state index in [9.17, 15) is 0 Å². The summed E-state index contributed by atoms with van der Waals surface area (Å²) in [4.78, 5) is 0. The van der Waals surface area contributed by atoms with Crippen LogP contribution < -0.4 is 15.9 Å². The van der Waals surface area contributed by atoms with Gasteiger partial charge in [-0.2, -0.15) is 0 Å². The minimum Gasteiger partial charge on any atom is -0.0962 e. The zero-order valence-electron chi connectivity index (χ0n) is 27.6. The molecular weight excluding hydrogens is 646 g/mol. The SMILES string of the molecule is CC([C]1[CH][CH][CH][C]1c1ccccc1P(c1ccccc1)c1ccccc1)P(C1CC2CCC1C2)C1CC2CCC1C2.[CH]1[CH][CH][CH][CH]1.[Fe]. The molecule has 0 nitrogen and oxygen atoms in total. The van der Waals surface area contributed by atoms with Gasteiger partial charge in [-0.05, 0) is 166 Å². The zero-order valence-corrected chi connectivity index (χ0v) is 30.5. The van der Waals surface area contributed by atoms with Crippen LogP contribution in [0.5, 0.6) is 0 Å². The number of hydrogen-bond acceptors (Lipinski definition) is 0. The summed E-state index contributed by atoms with van der Waals surface area (Å²) in [5.74, 6) is 7.32. The van der Waals surface area contributed by atoms with Gasteiger partial charge >= 0.3 is 0 Å².